The zero-order chi connectivity index (χ0) is 23.7. The van der Waals surface area contributed by atoms with Crippen molar-refractivity contribution in [2.75, 3.05) is 0 Å². The lowest BCUT2D eigenvalue weighted by Crippen LogP contribution is -2.41. The van der Waals surface area contributed by atoms with E-state index in [9.17, 15) is 4.79 Å². The molecule has 9 heteroatoms. The van der Waals surface area contributed by atoms with Crippen LogP contribution in [0, 0.1) is 0 Å². The quantitative estimate of drug-likeness (QED) is 0.439. The predicted molar refractivity (Wildman–Crippen MR) is 134 cm³/mol. The van der Waals surface area contributed by atoms with E-state index in [1.165, 1.54) is 12.8 Å². The second kappa shape index (κ2) is 7.58. The summed E-state index contributed by atoms with van der Waals surface area (Å²) in [6.45, 7) is 0. The van der Waals surface area contributed by atoms with E-state index in [4.69, 9.17) is 0 Å². The molecule has 2 saturated heterocycles. The van der Waals surface area contributed by atoms with Crippen molar-refractivity contribution in [3.05, 3.63) is 59.4 Å². The van der Waals surface area contributed by atoms with Gasteiger partial charge in [0.2, 0.25) is 0 Å². The van der Waals surface area contributed by atoms with Gasteiger partial charge in [0.05, 0.1) is 34.6 Å². The van der Waals surface area contributed by atoms with Crippen molar-refractivity contribution in [1.29, 1.82) is 0 Å². The zero-order valence-electron chi connectivity index (χ0n) is 19.7. The van der Waals surface area contributed by atoms with Crippen molar-refractivity contribution >= 4 is 21.9 Å². The van der Waals surface area contributed by atoms with Crippen LogP contribution in [0.25, 0.3) is 44.5 Å². The predicted octanol–water partition coefficient (Wildman–Crippen LogP) is 3.20. The summed E-state index contributed by atoms with van der Waals surface area (Å²) in [5, 5.41) is 12.8. The highest BCUT2D eigenvalue weighted by molar-refractivity contribution is 6.04. The molecule has 0 aliphatic carbocycles. The number of aromatic nitrogens is 7. The molecule has 2 aliphatic heterocycles. The van der Waals surface area contributed by atoms with Gasteiger partial charge in [-0.15, -0.1) is 5.10 Å². The molecule has 7 rings (SSSR count). The molecule has 2 bridgehead atoms. The number of hydrogen-bond acceptors (Lipinski definition) is 6. The van der Waals surface area contributed by atoms with Crippen molar-refractivity contribution in [2.45, 2.75) is 43.8 Å². The highest BCUT2D eigenvalue weighted by Gasteiger charge is 2.36. The molecule has 4 aromatic heterocycles. The van der Waals surface area contributed by atoms with Gasteiger partial charge in [-0.3, -0.25) is 23.8 Å². The smallest absolute Gasteiger partial charge is 0.311 e. The van der Waals surface area contributed by atoms with E-state index in [1.807, 2.05) is 55.5 Å². The van der Waals surface area contributed by atoms with Crippen LogP contribution in [-0.2, 0) is 14.1 Å². The Kier molecular flexibility index (Phi) is 4.44. The minimum Gasteiger partial charge on any atom is -0.311 e. The van der Waals surface area contributed by atoms with Crippen LogP contribution in [0.15, 0.2) is 53.7 Å². The fraction of sp³-hybridized carbons (Fsp3) is 0.346. The maximum absolute atomic E-state index is 13.4. The Morgan fingerprint density at radius 1 is 0.943 bits per heavy atom. The summed E-state index contributed by atoms with van der Waals surface area (Å²) in [7, 11) is 3.69. The van der Waals surface area contributed by atoms with Gasteiger partial charge in [0.1, 0.15) is 5.69 Å². The third-order valence-electron chi connectivity index (χ3n) is 7.69. The normalized spacial score (nSPS) is 21.8. The molecule has 0 radical (unpaired) electrons. The minimum absolute atomic E-state index is 0.0426. The number of hydrogen-bond donors (Lipinski definition) is 1. The number of pyridine rings is 2. The first kappa shape index (κ1) is 20.5. The zero-order valence-corrected chi connectivity index (χ0v) is 19.7. The van der Waals surface area contributed by atoms with E-state index >= 15 is 0 Å². The average Bonchev–Trinajstić information content (AvgIpc) is 3.54. The lowest BCUT2D eigenvalue weighted by Gasteiger charge is -2.30. The van der Waals surface area contributed by atoms with Gasteiger partial charge in [0.15, 0.2) is 0 Å². The van der Waals surface area contributed by atoms with Crippen LogP contribution in [0.2, 0.25) is 0 Å². The molecule has 2 fully saturated rings. The Bertz CT molecular complexity index is 1630. The number of benzene rings is 1. The molecule has 0 saturated carbocycles. The molecule has 2 aliphatic rings. The van der Waals surface area contributed by atoms with E-state index in [0.29, 0.717) is 12.1 Å². The summed E-state index contributed by atoms with van der Waals surface area (Å²) in [4.78, 5) is 22.7. The number of fused-ring (bicyclic) bond motifs is 5. The molecule has 0 spiro atoms. The number of nitrogens with one attached hydrogen (secondary N) is 1. The highest BCUT2D eigenvalue weighted by Crippen LogP contribution is 2.37. The second-order valence-electron chi connectivity index (χ2n) is 9.91. The number of rotatable bonds is 3. The number of nitrogens with zero attached hydrogens (tertiary/aromatic N) is 7. The van der Waals surface area contributed by atoms with Crippen molar-refractivity contribution < 1.29 is 0 Å². The van der Waals surface area contributed by atoms with Gasteiger partial charge < -0.3 is 5.32 Å². The van der Waals surface area contributed by atoms with Gasteiger partial charge in [0, 0.05) is 49.4 Å². The van der Waals surface area contributed by atoms with Crippen LogP contribution >= 0.6 is 0 Å². The summed E-state index contributed by atoms with van der Waals surface area (Å²) >= 11 is 0. The Hall–Kier alpha value is -3.85. The third-order valence-corrected chi connectivity index (χ3v) is 7.69. The van der Waals surface area contributed by atoms with Gasteiger partial charge in [-0.25, -0.2) is 4.79 Å². The van der Waals surface area contributed by atoms with E-state index in [1.54, 1.807) is 9.25 Å². The lowest BCUT2D eigenvalue weighted by atomic mass is 9.99. The first-order valence-electron chi connectivity index (χ1n) is 12.1. The fourth-order valence-electron chi connectivity index (χ4n) is 5.96. The van der Waals surface area contributed by atoms with Crippen LogP contribution in [0.3, 0.4) is 0 Å². The Labute approximate surface area is 201 Å². The van der Waals surface area contributed by atoms with Gasteiger partial charge in [-0.05, 0) is 49.4 Å². The monoisotopic (exact) mass is 466 g/mol. The second-order valence-corrected chi connectivity index (χ2v) is 9.91. The average molecular weight is 467 g/mol. The summed E-state index contributed by atoms with van der Waals surface area (Å²) < 4.78 is 5.46. The Balaban J connectivity index is 1.37. The fourth-order valence-corrected chi connectivity index (χ4v) is 5.96. The molecule has 2 unspecified atom stereocenters. The molecule has 0 amide bonds. The van der Waals surface area contributed by atoms with Crippen LogP contribution < -0.4 is 11.0 Å². The third kappa shape index (κ3) is 3.22. The van der Waals surface area contributed by atoms with Gasteiger partial charge in [-0.1, -0.05) is 17.3 Å². The first-order chi connectivity index (χ1) is 17.0. The molecule has 35 heavy (non-hydrogen) atoms. The number of piperidine rings is 1. The molecule has 9 nitrogen and oxygen atoms in total. The standard InChI is InChI=1S/C26H26N8O/c1-32-14-23(30-31-32)22-8-4-16(12-27-22)15-3-7-21-20(9-15)25-24(13-28-21)33(2)26(35)34(25)19-10-17-5-6-18(11-19)29-17/h3-4,7-9,12-14,17-19,29H,5-6,10-11H2,1-2H3. The minimum atomic E-state index is 0.0426. The summed E-state index contributed by atoms with van der Waals surface area (Å²) in [6.07, 6.45) is 9.93. The Morgan fingerprint density at radius 2 is 1.74 bits per heavy atom. The number of imidazole rings is 1. The molecular weight excluding hydrogens is 440 g/mol. The maximum Gasteiger partial charge on any atom is 0.329 e. The highest BCUT2D eigenvalue weighted by atomic mass is 16.1. The first-order valence-corrected chi connectivity index (χ1v) is 12.1. The van der Waals surface area contributed by atoms with E-state index in [0.717, 1.165) is 57.3 Å². The largest absolute Gasteiger partial charge is 0.329 e. The van der Waals surface area contributed by atoms with Crippen molar-refractivity contribution in [3.8, 4) is 22.5 Å². The summed E-state index contributed by atoms with van der Waals surface area (Å²) in [6, 6.07) is 11.5. The maximum atomic E-state index is 13.4. The molecule has 176 valence electrons. The van der Waals surface area contributed by atoms with E-state index < -0.39 is 0 Å². The SMILES string of the molecule is Cn1cc(-c2ccc(-c3ccc4ncc5c(c4c3)n(C3CC4CCC(C3)N4)c(=O)n5C)cn2)nn1. The molecular formula is C26H26N8O. The van der Waals surface area contributed by atoms with Gasteiger partial charge in [-0.2, -0.15) is 0 Å². The Morgan fingerprint density at radius 3 is 2.46 bits per heavy atom. The van der Waals surface area contributed by atoms with Crippen LogP contribution in [0.1, 0.15) is 31.7 Å². The molecule has 5 aromatic rings. The van der Waals surface area contributed by atoms with Gasteiger partial charge in [0.25, 0.3) is 0 Å². The van der Waals surface area contributed by atoms with Gasteiger partial charge >= 0.3 is 5.69 Å². The summed E-state index contributed by atoms with van der Waals surface area (Å²) in [5.41, 5.74) is 6.36. The molecule has 1 N–H and O–H groups in total. The van der Waals surface area contributed by atoms with Crippen LogP contribution in [0.4, 0.5) is 0 Å². The molecule has 6 heterocycles. The molecule has 1 aromatic carbocycles. The van der Waals surface area contributed by atoms with E-state index in [-0.39, 0.29) is 11.7 Å². The topological polar surface area (TPSA) is 95.5 Å². The molecule has 2 atom stereocenters. The van der Waals surface area contributed by atoms with Crippen molar-refractivity contribution in [2.24, 2.45) is 14.1 Å². The van der Waals surface area contributed by atoms with Crippen LogP contribution in [0.5, 0.6) is 0 Å². The van der Waals surface area contributed by atoms with Crippen molar-refractivity contribution in [3.63, 3.8) is 0 Å². The lowest BCUT2D eigenvalue weighted by molar-refractivity contribution is 0.298. The van der Waals surface area contributed by atoms with Crippen LogP contribution in [-0.4, -0.2) is 46.2 Å². The number of aryl methyl sites for hydroxylation is 2. The van der Waals surface area contributed by atoms with Crippen molar-refractivity contribution in [1.82, 2.24) is 39.4 Å². The summed E-state index contributed by atoms with van der Waals surface area (Å²) in [5.74, 6) is 0. The van der Waals surface area contributed by atoms with E-state index in [2.05, 4.69) is 37.7 Å².